The molecule has 2 N–H and O–H groups in total. The minimum Gasteiger partial charge on any atom is -0.352 e. The Morgan fingerprint density at radius 3 is 2.85 bits per heavy atom. The number of carbonyl (C=O) groups excluding carboxylic acids is 1. The van der Waals surface area contributed by atoms with Crippen LogP contribution in [0.25, 0.3) is 0 Å². The lowest BCUT2D eigenvalue weighted by atomic mass is 9.95. The Morgan fingerprint density at radius 2 is 2.20 bits per heavy atom. The van der Waals surface area contributed by atoms with E-state index in [1.54, 1.807) is 6.20 Å². The van der Waals surface area contributed by atoms with Crippen molar-refractivity contribution in [1.82, 2.24) is 20.2 Å². The number of nitrogens with zero attached hydrogens (tertiary/aromatic N) is 2. The lowest BCUT2D eigenvalue weighted by Gasteiger charge is -2.24. The van der Waals surface area contributed by atoms with Gasteiger partial charge in [0.15, 0.2) is 0 Å². The van der Waals surface area contributed by atoms with E-state index >= 15 is 0 Å². The summed E-state index contributed by atoms with van der Waals surface area (Å²) in [5.41, 5.74) is 0. The summed E-state index contributed by atoms with van der Waals surface area (Å²) in [6.07, 6.45) is 10.6. The Labute approximate surface area is 121 Å². The molecule has 0 saturated heterocycles. The monoisotopic (exact) mass is 278 g/mol. The van der Waals surface area contributed by atoms with E-state index in [0.29, 0.717) is 6.04 Å². The number of rotatable bonds is 6. The van der Waals surface area contributed by atoms with E-state index in [-0.39, 0.29) is 11.9 Å². The lowest BCUT2D eigenvalue weighted by molar-refractivity contribution is -0.123. The van der Waals surface area contributed by atoms with Crippen molar-refractivity contribution in [2.24, 2.45) is 7.05 Å². The van der Waals surface area contributed by atoms with Crippen LogP contribution in [0.5, 0.6) is 0 Å². The van der Waals surface area contributed by atoms with Crippen LogP contribution >= 0.6 is 0 Å². The summed E-state index contributed by atoms with van der Waals surface area (Å²) in [6, 6.07) is 0.243. The molecular weight excluding hydrogens is 252 g/mol. The van der Waals surface area contributed by atoms with Crippen LogP contribution in [0.1, 0.15) is 44.9 Å². The molecule has 5 nitrogen and oxygen atoms in total. The highest BCUT2D eigenvalue weighted by molar-refractivity contribution is 5.81. The maximum Gasteiger partial charge on any atom is 0.237 e. The lowest BCUT2D eigenvalue weighted by Crippen LogP contribution is -2.47. The summed E-state index contributed by atoms with van der Waals surface area (Å²) in [6.45, 7) is 2.70. The van der Waals surface area contributed by atoms with Gasteiger partial charge in [0, 0.05) is 38.4 Å². The van der Waals surface area contributed by atoms with Gasteiger partial charge in [-0.3, -0.25) is 4.79 Å². The second-order valence-corrected chi connectivity index (χ2v) is 5.72. The van der Waals surface area contributed by atoms with Crippen molar-refractivity contribution in [3.05, 3.63) is 18.2 Å². The van der Waals surface area contributed by atoms with Gasteiger partial charge < -0.3 is 15.2 Å². The van der Waals surface area contributed by atoms with Gasteiger partial charge in [0.05, 0.1) is 6.04 Å². The van der Waals surface area contributed by atoms with Gasteiger partial charge in [-0.05, 0) is 19.8 Å². The highest BCUT2D eigenvalue weighted by Crippen LogP contribution is 2.17. The van der Waals surface area contributed by atoms with Crippen LogP contribution in [0.2, 0.25) is 0 Å². The quantitative estimate of drug-likeness (QED) is 0.827. The molecule has 0 spiro atoms. The van der Waals surface area contributed by atoms with E-state index in [4.69, 9.17) is 0 Å². The molecule has 1 aliphatic carbocycles. The predicted octanol–water partition coefficient (Wildman–Crippen LogP) is 1.39. The van der Waals surface area contributed by atoms with Crippen LogP contribution in [0.3, 0.4) is 0 Å². The third-order valence-corrected chi connectivity index (χ3v) is 4.06. The first kappa shape index (κ1) is 15.0. The largest absolute Gasteiger partial charge is 0.352 e. The highest BCUT2D eigenvalue weighted by atomic mass is 16.2. The molecule has 1 saturated carbocycles. The molecule has 112 valence electrons. The van der Waals surface area contributed by atoms with Crippen molar-refractivity contribution in [3.8, 4) is 0 Å². The molecule has 0 bridgehead atoms. The molecule has 2 rings (SSSR count). The van der Waals surface area contributed by atoms with Gasteiger partial charge in [-0.15, -0.1) is 0 Å². The number of aryl methyl sites for hydroxylation is 1. The zero-order valence-electron chi connectivity index (χ0n) is 12.6. The zero-order valence-corrected chi connectivity index (χ0v) is 12.6. The summed E-state index contributed by atoms with van der Waals surface area (Å²) >= 11 is 0. The number of hydrogen-bond donors (Lipinski definition) is 2. The number of carbonyl (C=O) groups is 1. The maximum atomic E-state index is 12.1. The predicted molar refractivity (Wildman–Crippen MR) is 79.4 cm³/mol. The van der Waals surface area contributed by atoms with Gasteiger partial charge in [-0.25, -0.2) is 4.98 Å². The molecule has 1 unspecified atom stereocenters. The van der Waals surface area contributed by atoms with Crippen molar-refractivity contribution in [3.63, 3.8) is 0 Å². The van der Waals surface area contributed by atoms with Gasteiger partial charge >= 0.3 is 0 Å². The molecule has 1 aromatic heterocycles. The number of hydrogen-bond acceptors (Lipinski definition) is 3. The maximum absolute atomic E-state index is 12.1. The third kappa shape index (κ3) is 4.34. The van der Waals surface area contributed by atoms with Gasteiger partial charge in [-0.1, -0.05) is 19.3 Å². The topological polar surface area (TPSA) is 59.0 Å². The fourth-order valence-corrected chi connectivity index (χ4v) is 2.70. The molecule has 1 fully saturated rings. The first-order valence-corrected chi connectivity index (χ1v) is 7.67. The second-order valence-electron chi connectivity index (χ2n) is 5.72. The van der Waals surface area contributed by atoms with Crippen molar-refractivity contribution in [2.75, 3.05) is 6.54 Å². The van der Waals surface area contributed by atoms with Crippen LogP contribution in [-0.4, -0.2) is 34.1 Å². The minimum absolute atomic E-state index is 0.122. The average Bonchev–Trinajstić information content (AvgIpc) is 2.85. The molecule has 1 atom stereocenters. The Morgan fingerprint density at radius 1 is 1.45 bits per heavy atom. The van der Waals surface area contributed by atoms with E-state index in [1.807, 2.05) is 24.7 Å². The fourth-order valence-electron chi connectivity index (χ4n) is 2.70. The molecule has 1 aromatic rings. The Hall–Kier alpha value is -1.36. The molecule has 0 radical (unpaired) electrons. The molecular formula is C15H26N4O. The van der Waals surface area contributed by atoms with E-state index in [2.05, 4.69) is 15.6 Å². The highest BCUT2D eigenvalue weighted by Gasteiger charge is 2.19. The summed E-state index contributed by atoms with van der Waals surface area (Å²) in [4.78, 5) is 16.3. The van der Waals surface area contributed by atoms with Crippen molar-refractivity contribution in [2.45, 2.75) is 57.5 Å². The molecule has 1 heterocycles. The first-order valence-electron chi connectivity index (χ1n) is 7.67. The number of imidazole rings is 1. The molecule has 5 heteroatoms. The Balaban J connectivity index is 1.67. The molecule has 0 aliphatic heterocycles. The van der Waals surface area contributed by atoms with E-state index in [0.717, 1.165) is 31.6 Å². The summed E-state index contributed by atoms with van der Waals surface area (Å²) in [5, 5.41) is 6.42. The average molecular weight is 278 g/mol. The fraction of sp³-hybridized carbons (Fsp3) is 0.733. The molecule has 0 aromatic carbocycles. The number of amides is 1. The van der Waals surface area contributed by atoms with Crippen LogP contribution in [0.15, 0.2) is 12.4 Å². The number of aromatic nitrogens is 2. The summed E-state index contributed by atoms with van der Waals surface area (Å²) in [5.74, 6) is 1.16. The van der Waals surface area contributed by atoms with Gasteiger partial charge in [0.25, 0.3) is 0 Å². The van der Waals surface area contributed by atoms with Gasteiger partial charge in [0.2, 0.25) is 5.91 Å². The first-order chi connectivity index (χ1) is 9.66. The normalized spacial score (nSPS) is 17.9. The zero-order chi connectivity index (χ0) is 14.4. The van der Waals surface area contributed by atoms with Crippen molar-refractivity contribution in [1.29, 1.82) is 0 Å². The SMILES string of the molecule is CC(NCCc1nccn1C)C(=O)NC1CCCCC1. The summed E-state index contributed by atoms with van der Waals surface area (Å²) in [7, 11) is 1.99. The van der Waals surface area contributed by atoms with E-state index in [1.165, 1.54) is 19.3 Å². The molecule has 1 aliphatic rings. The second kappa shape index (κ2) is 7.43. The molecule has 20 heavy (non-hydrogen) atoms. The minimum atomic E-state index is -0.141. The van der Waals surface area contributed by atoms with Crippen molar-refractivity contribution >= 4 is 5.91 Å². The van der Waals surface area contributed by atoms with Crippen LogP contribution in [0, 0.1) is 0 Å². The van der Waals surface area contributed by atoms with Crippen molar-refractivity contribution < 1.29 is 4.79 Å². The van der Waals surface area contributed by atoms with E-state index < -0.39 is 0 Å². The van der Waals surface area contributed by atoms with Crippen LogP contribution in [-0.2, 0) is 18.3 Å². The number of nitrogens with one attached hydrogen (secondary N) is 2. The van der Waals surface area contributed by atoms with E-state index in [9.17, 15) is 4.79 Å². The summed E-state index contributed by atoms with van der Waals surface area (Å²) < 4.78 is 2.01. The van der Waals surface area contributed by atoms with Gasteiger partial charge in [-0.2, -0.15) is 0 Å². The standard InChI is InChI=1S/C15H26N4O/c1-12(15(20)18-13-6-4-3-5-7-13)16-9-8-14-17-10-11-19(14)2/h10-13,16H,3-9H2,1-2H3,(H,18,20). The van der Waals surface area contributed by atoms with Crippen LogP contribution in [0.4, 0.5) is 0 Å². The Bertz CT molecular complexity index is 423. The molecule has 1 amide bonds. The Kier molecular flexibility index (Phi) is 5.59. The van der Waals surface area contributed by atoms with Crippen LogP contribution < -0.4 is 10.6 Å². The smallest absolute Gasteiger partial charge is 0.237 e. The third-order valence-electron chi connectivity index (χ3n) is 4.06. The van der Waals surface area contributed by atoms with Gasteiger partial charge in [0.1, 0.15) is 5.82 Å².